The summed E-state index contributed by atoms with van der Waals surface area (Å²) in [7, 11) is 1.82. The predicted octanol–water partition coefficient (Wildman–Crippen LogP) is 3.69. The Labute approximate surface area is 163 Å². The van der Waals surface area contributed by atoms with Crippen LogP contribution < -0.4 is 9.47 Å². The lowest BCUT2D eigenvalue weighted by molar-refractivity contribution is -0.0905. The van der Waals surface area contributed by atoms with Crippen molar-refractivity contribution in [3.05, 3.63) is 24.3 Å². The van der Waals surface area contributed by atoms with Crippen molar-refractivity contribution in [3.63, 3.8) is 0 Å². The molecule has 144 valence electrons. The molecule has 0 aromatic heterocycles. The second kappa shape index (κ2) is 6.82. The lowest BCUT2D eigenvalue weighted by Crippen LogP contribution is -2.56. The highest BCUT2D eigenvalue weighted by molar-refractivity contribution is 6.68. The van der Waals surface area contributed by atoms with Gasteiger partial charge in [0.2, 0.25) is 5.84 Å². The Hall–Kier alpha value is -1.09. The number of hydrogen-bond donors (Lipinski definition) is 0. The maximum absolute atomic E-state index is 13.7. The summed E-state index contributed by atoms with van der Waals surface area (Å²) in [5.41, 5.74) is 0. The van der Waals surface area contributed by atoms with Gasteiger partial charge in [0.25, 0.3) is 3.79 Å². The zero-order valence-electron chi connectivity index (χ0n) is 13.6. The third kappa shape index (κ3) is 3.78. The first-order chi connectivity index (χ1) is 12.0. The van der Waals surface area contributed by atoms with Crippen molar-refractivity contribution in [2.75, 3.05) is 33.2 Å². The molecule has 0 N–H and O–H groups in total. The van der Waals surface area contributed by atoms with Gasteiger partial charge < -0.3 is 19.3 Å². The number of halogens is 6. The molecule has 11 heteroatoms. The van der Waals surface area contributed by atoms with E-state index in [0.29, 0.717) is 13.1 Å². The first-order valence-electron chi connectivity index (χ1n) is 7.66. The molecular weight excluding hydrogens is 418 g/mol. The molecule has 0 saturated carbocycles. The predicted molar refractivity (Wildman–Crippen MR) is 93.3 cm³/mol. The normalized spacial score (nSPS) is 21.2. The number of ether oxygens (including phenoxy) is 2. The van der Waals surface area contributed by atoms with Gasteiger partial charge in [-0.05, 0) is 19.2 Å². The number of aliphatic imine (C=N–C) groups is 1. The maximum Gasteiger partial charge on any atom is 0.449 e. The first-order valence-corrected chi connectivity index (χ1v) is 8.79. The summed E-state index contributed by atoms with van der Waals surface area (Å²) in [6, 6.07) is 6.22. The standard InChI is InChI=1S/C15H15Cl3F3N3O2/c1-23-6-8-24(9-7-23)12(13(19,20)21)22-15(14(16,17)18)25-10-4-2-3-5-11(10)26-15/h2-5H,6-9H2,1H3/b22-12-. The van der Waals surface area contributed by atoms with E-state index in [1.807, 2.05) is 11.9 Å². The highest BCUT2D eigenvalue weighted by atomic mass is 35.6. The van der Waals surface area contributed by atoms with Crippen LogP contribution in [0.4, 0.5) is 13.2 Å². The molecule has 0 radical (unpaired) electrons. The van der Waals surface area contributed by atoms with E-state index in [-0.39, 0.29) is 24.6 Å². The van der Waals surface area contributed by atoms with E-state index in [4.69, 9.17) is 44.3 Å². The van der Waals surface area contributed by atoms with Crippen LogP contribution in [0.1, 0.15) is 0 Å². The Bertz CT molecular complexity index is 676. The average molecular weight is 433 g/mol. The summed E-state index contributed by atoms with van der Waals surface area (Å²) in [6.07, 6.45) is -4.78. The Morgan fingerprint density at radius 3 is 1.96 bits per heavy atom. The van der Waals surface area contributed by atoms with Crippen molar-refractivity contribution in [1.29, 1.82) is 0 Å². The Morgan fingerprint density at radius 2 is 1.54 bits per heavy atom. The molecule has 1 saturated heterocycles. The van der Waals surface area contributed by atoms with Crippen molar-refractivity contribution < 1.29 is 22.6 Å². The number of alkyl halides is 6. The SMILES string of the molecule is CN1CCN(/C(=N\C2(C(Cl)(Cl)Cl)Oc3ccccc3O2)C(F)(F)F)CC1. The van der Waals surface area contributed by atoms with Crippen LogP contribution in [-0.4, -0.2) is 64.7 Å². The zero-order chi connectivity index (χ0) is 19.2. The monoisotopic (exact) mass is 431 g/mol. The van der Waals surface area contributed by atoms with Gasteiger partial charge in [0.15, 0.2) is 11.5 Å². The van der Waals surface area contributed by atoms with Crippen LogP contribution >= 0.6 is 34.8 Å². The minimum atomic E-state index is -4.78. The summed E-state index contributed by atoms with van der Waals surface area (Å²) in [5.74, 6) is -3.40. The molecule has 0 unspecified atom stereocenters. The number of para-hydroxylation sites is 2. The fraction of sp³-hybridized carbons (Fsp3) is 0.533. The maximum atomic E-state index is 13.7. The van der Waals surface area contributed by atoms with E-state index in [1.54, 1.807) is 12.1 Å². The van der Waals surface area contributed by atoms with Gasteiger partial charge in [-0.25, -0.2) is 0 Å². The summed E-state index contributed by atoms with van der Waals surface area (Å²) in [5, 5.41) is 0. The first kappa shape index (κ1) is 19.7. The van der Waals surface area contributed by atoms with Gasteiger partial charge in [-0.2, -0.15) is 18.2 Å². The van der Waals surface area contributed by atoms with Gasteiger partial charge in [-0.1, -0.05) is 46.9 Å². The smallest absolute Gasteiger partial charge is 0.427 e. The van der Waals surface area contributed by atoms with Crippen molar-refractivity contribution in [2.24, 2.45) is 4.99 Å². The van der Waals surface area contributed by atoms with Gasteiger partial charge in [-0.15, -0.1) is 0 Å². The van der Waals surface area contributed by atoms with Crippen LogP contribution in [0.3, 0.4) is 0 Å². The topological polar surface area (TPSA) is 37.3 Å². The second-order valence-corrected chi connectivity index (χ2v) is 8.24. The van der Waals surface area contributed by atoms with Crippen molar-refractivity contribution in [3.8, 4) is 11.5 Å². The van der Waals surface area contributed by atoms with Crippen LogP contribution in [0.5, 0.6) is 11.5 Å². The Morgan fingerprint density at radius 1 is 1.04 bits per heavy atom. The minimum absolute atomic E-state index is 0.123. The van der Waals surface area contributed by atoms with Gasteiger partial charge in [0, 0.05) is 26.2 Å². The molecule has 2 heterocycles. The van der Waals surface area contributed by atoms with Gasteiger partial charge in [0.05, 0.1) is 0 Å². The summed E-state index contributed by atoms with van der Waals surface area (Å²) in [4.78, 5) is 6.67. The molecular formula is C15H15Cl3F3N3O2. The number of piperazine rings is 1. The van der Waals surface area contributed by atoms with Crippen molar-refractivity contribution in [2.45, 2.75) is 15.9 Å². The fourth-order valence-corrected chi connectivity index (χ4v) is 2.99. The number of fused-ring (bicyclic) bond motifs is 1. The molecule has 0 bridgehead atoms. The lowest BCUT2D eigenvalue weighted by Gasteiger charge is -2.37. The number of benzene rings is 1. The molecule has 26 heavy (non-hydrogen) atoms. The number of amidine groups is 1. The van der Waals surface area contributed by atoms with E-state index in [9.17, 15) is 13.2 Å². The van der Waals surface area contributed by atoms with Crippen LogP contribution in [0.2, 0.25) is 0 Å². The summed E-state index contributed by atoms with van der Waals surface area (Å²) in [6.45, 7) is 1.13. The molecule has 2 aliphatic rings. The molecule has 1 aromatic rings. The lowest BCUT2D eigenvalue weighted by atomic mass is 10.3. The van der Waals surface area contributed by atoms with Gasteiger partial charge >= 0.3 is 12.1 Å². The Kier molecular flexibility index (Phi) is 5.16. The molecule has 1 aromatic carbocycles. The van der Waals surface area contributed by atoms with Crippen molar-refractivity contribution >= 4 is 40.6 Å². The molecule has 0 aliphatic carbocycles. The van der Waals surface area contributed by atoms with Gasteiger partial charge in [-0.3, -0.25) is 0 Å². The van der Waals surface area contributed by atoms with E-state index in [2.05, 4.69) is 4.99 Å². The Balaban J connectivity index is 2.03. The van der Waals surface area contributed by atoms with Crippen molar-refractivity contribution in [1.82, 2.24) is 9.80 Å². The third-order valence-corrected chi connectivity index (χ3v) is 4.73. The fourth-order valence-electron chi connectivity index (χ4n) is 2.63. The average Bonchev–Trinajstić information content (AvgIpc) is 2.92. The van der Waals surface area contributed by atoms with Crippen LogP contribution in [-0.2, 0) is 0 Å². The number of nitrogens with zero attached hydrogens (tertiary/aromatic N) is 3. The third-order valence-electron chi connectivity index (χ3n) is 4.01. The molecule has 2 aliphatic heterocycles. The molecule has 0 atom stereocenters. The minimum Gasteiger partial charge on any atom is -0.427 e. The number of rotatable bonds is 1. The van der Waals surface area contributed by atoms with Crippen LogP contribution in [0.15, 0.2) is 29.3 Å². The highest BCUT2D eigenvalue weighted by Crippen LogP contribution is 2.51. The number of hydrogen-bond acceptors (Lipinski definition) is 4. The zero-order valence-corrected chi connectivity index (χ0v) is 15.8. The van der Waals surface area contributed by atoms with Crippen LogP contribution in [0, 0.1) is 0 Å². The van der Waals surface area contributed by atoms with Crippen LogP contribution in [0.25, 0.3) is 0 Å². The largest absolute Gasteiger partial charge is 0.449 e. The van der Waals surface area contributed by atoms with E-state index in [0.717, 1.165) is 4.90 Å². The van der Waals surface area contributed by atoms with E-state index >= 15 is 0 Å². The van der Waals surface area contributed by atoms with E-state index < -0.39 is 21.7 Å². The van der Waals surface area contributed by atoms with E-state index in [1.165, 1.54) is 12.1 Å². The molecule has 0 spiro atoms. The van der Waals surface area contributed by atoms with Gasteiger partial charge in [0.1, 0.15) is 0 Å². The summed E-state index contributed by atoms with van der Waals surface area (Å²) >= 11 is 17.8. The molecule has 5 nitrogen and oxygen atoms in total. The molecule has 3 rings (SSSR count). The summed E-state index contributed by atoms with van der Waals surface area (Å²) < 4.78 is 49.6. The highest BCUT2D eigenvalue weighted by Gasteiger charge is 2.60. The second-order valence-electron chi connectivity index (χ2n) is 5.95. The number of likely N-dealkylation sites (N-methyl/N-ethyl adjacent to an activating group) is 1. The quantitative estimate of drug-likeness (QED) is 0.385. The molecule has 0 amide bonds. The molecule has 1 fully saturated rings.